The van der Waals surface area contributed by atoms with Crippen LogP contribution in [0.15, 0.2) is 47.2 Å². The number of carbonyl (C=O) groups excluding carboxylic acids is 1. The van der Waals surface area contributed by atoms with Gasteiger partial charge in [-0.25, -0.2) is 15.0 Å². The molecule has 1 amide bonds. The third kappa shape index (κ3) is 3.58. The van der Waals surface area contributed by atoms with E-state index in [0.29, 0.717) is 35.4 Å². The number of fused-ring (bicyclic) bond motifs is 1. The zero-order chi connectivity index (χ0) is 18.8. The maximum absolute atomic E-state index is 12.4. The summed E-state index contributed by atoms with van der Waals surface area (Å²) >= 11 is 5.75. The highest BCUT2D eigenvalue weighted by atomic mass is 35.5. The summed E-state index contributed by atoms with van der Waals surface area (Å²) in [5.74, 6) is 0.570. The Labute approximate surface area is 158 Å². The van der Waals surface area contributed by atoms with Crippen LogP contribution in [-0.4, -0.2) is 37.0 Å². The zero-order valence-electron chi connectivity index (χ0n) is 14.0. The normalized spacial score (nSPS) is 11.0. The lowest BCUT2D eigenvalue weighted by molar-refractivity contribution is 0.0949. The molecule has 0 aliphatic rings. The summed E-state index contributed by atoms with van der Waals surface area (Å²) < 4.78 is 6.63. The van der Waals surface area contributed by atoms with Crippen LogP contribution in [0.2, 0.25) is 5.15 Å². The number of hydrogen-bond donors (Lipinski definition) is 2. The van der Waals surface area contributed by atoms with Gasteiger partial charge in [0.1, 0.15) is 10.8 Å². The van der Waals surface area contributed by atoms with Crippen LogP contribution in [0, 0.1) is 0 Å². The smallest absolute Gasteiger partial charge is 0.270 e. The number of anilines is 1. The van der Waals surface area contributed by atoms with E-state index in [4.69, 9.17) is 21.8 Å². The Morgan fingerprint density at radius 2 is 2.19 bits per heavy atom. The van der Waals surface area contributed by atoms with E-state index >= 15 is 0 Å². The van der Waals surface area contributed by atoms with Crippen LogP contribution in [-0.2, 0) is 6.42 Å². The van der Waals surface area contributed by atoms with Crippen molar-refractivity contribution >= 4 is 29.1 Å². The van der Waals surface area contributed by atoms with Gasteiger partial charge in [-0.2, -0.15) is 4.52 Å². The highest BCUT2D eigenvalue weighted by molar-refractivity contribution is 6.29. The Morgan fingerprint density at radius 1 is 1.30 bits per heavy atom. The Balaban J connectivity index is 1.49. The Morgan fingerprint density at radius 3 is 2.93 bits per heavy atom. The Bertz CT molecular complexity index is 1090. The number of nitrogens with zero attached hydrogens (tertiary/aromatic N) is 5. The first-order valence-electron chi connectivity index (χ1n) is 8.06. The Hall–Kier alpha value is -3.46. The van der Waals surface area contributed by atoms with Crippen molar-refractivity contribution < 1.29 is 9.21 Å². The van der Waals surface area contributed by atoms with Crippen molar-refractivity contribution in [2.45, 2.75) is 6.42 Å². The highest BCUT2D eigenvalue weighted by Gasteiger charge is 2.15. The highest BCUT2D eigenvalue weighted by Crippen LogP contribution is 2.18. The number of hydrogen-bond acceptors (Lipinski definition) is 7. The molecular formula is C17H14ClN7O2. The molecule has 4 rings (SSSR count). The van der Waals surface area contributed by atoms with Gasteiger partial charge in [-0.3, -0.25) is 4.79 Å². The van der Waals surface area contributed by atoms with E-state index in [2.05, 4.69) is 25.4 Å². The first kappa shape index (κ1) is 17.0. The standard InChI is InChI=1S/C17H14ClN7O2/c18-13-4-3-10(9-21-13)5-6-20-16(26)11-8-14-23-15(12-2-1-7-27-12)24-25(14)17(19)22-11/h1-4,7-9H,5-6H2,(H2,19,22)(H,20,26). The molecule has 0 saturated heterocycles. The van der Waals surface area contributed by atoms with Crippen molar-refractivity contribution in [2.24, 2.45) is 0 Å². The van der Waals surface area contributed by atoms with E-state index in [1.165, 1.54) is 16.8 Å². The third-order valence-electron chi connectivity index (χ3n) is 3.81. The summed E-state index contributed by atoms with van der Waals surface area (Å²) in [6.45, 7) is 0.416. The van der Waals surface area contributed by atoms with Crippen molar-refractivity contribution in [1.29, 1.82) is 0 Å². The predicted octanol–water partition coefficient (Wildman–Crippen LogP) is 1.99. The quantitative estimate of drug-likeness (QED) is 0.505. The van der Waals surface area contributed by atoms with Crippen molar-refractivity contribution in [2.75, 3.05) is 12.3 Å². The van der Waals surface area contributed by atoms with Gasteiger partial charge in [0, 0.05) is 18.8 Å². The van der Waals surface area contributed by atoms with E-state index < -0.39 is 0 Å². The summed E-state index contributed by atoms with van der Waals surface area (Å²) in [4.78, 5) is 24.8. The predicted molar refractivity (Wildman–Crippen MR) is 98.2 cm³/mol. The van der Waals surface area contributed by atoms with Gasteiger partial charge < -0.3 is 15.5 Å². The minimum Gasteiger partial charge on any atom is -0.461 e. The van der Waals surface area contributed by atoms with E-state index in [-0.39, 0.29) is 17.5 Å². The molecule has 27 heavy (non-hydrogen) atoms. The Kier molecular flexibility index (Phi) is 4.43. The molecule has 0 spiro atoms. The number of nitrogens with two attached hydrogens (primary N) is 1. The molecule has 10 heteroatoms. The monoisotopic (exact) mass is 383 g/mol. The fourth-order valence-corrected chi connectivity index (χ4v) is 2.62. The maximum Gasteiger partial charge on any atom is 0.270 e. The molecule has 9 nitrogen and oxygen atoms in total. The van der Waals surface area contributed by atoms with Crippen molar-refractivity contribution in [1.82, 2.24) is 29.9 Å². The average Bonchev–Trinajstić information content (AvgIpc) is 3.32. The number of nitrogen functional groups attached to an aromatic ring is 1. The number of rotatable bonds is 5. The first-order valence-corrected chi connectivity index (χ1v) is 8.44. The van der Waals surface area contributed by atoms with Crippen LogP contribution in [0.3, 0.4) is 0 Å². The van der Waals surface area contributed by atoms with Gasteiger partial charge in [-0.05, 0) is 30.2 Å². The second kappa shape index (κ2) is 7.04. The van der Waals surface area contributed by atoms with Crippen LogP contribution in [0.1, 0.15) is 16.1 Å². The van der Waals surface area contributed by atoms with Gasteiger partial charge in [-0.1, -0.05) is 17.7 Å². The molecule has 0 aliphatic carbocycles. The van der Waals surface area contributed by atoms with Crippen molar-refractivity contribution in [3.8, 4) is 11.6 Å². The van der Waals surface area contributed by atoms with Gasteiger partial charge >= 0.3 is 0 Å². The summed E-state index contributed by atoms with van der Waals surface area (Å²) in [5.41, 5.74) is 7.44. The van der Waals surface area contributed by atoms with Gasteiger partial charge in [0.15, 0.2) is 11.4 Å². The lowest BCUT2D eigenvalue weighted by Gasteiger charge is -2.06. The second-order valence-electron chi connectivity index (χ2n) is 5.68. The van der Waals surface area contributed by atoms with E-state index in [1.807, 2.05) is 6.07 Å². The second-order valence-corrected chi connectivity index (χ2v) is 6.06. The molecule has 4 aromatic heterocycles. The van der Waals surface area contributed by atoms with Crippen LogP contribution in [0.4, 0.5) is 5.95 Å². The minimum atomic E-state index is -0.353. The zero-order valence-corrected chi connectivity index (χ0v) is 14.7. The number of nitrogens with one attached hydrogen (secondary N) is 1. The number of halogens is 1. The molecule has 3 N–H and O–H groups in total. The van der Waals surface area contributed by atoms with Crippen LogP contribution < -0.4 is 11.1 Å². The number of carbonyl (C=O) groups is 1. The van der Waals surface area contributed by atoms with Crippen LogP contribution in [0.5, 0.6) is 0 Å². The molecule has 0 bridgehead atoms. The molecule has 0 atom stereocenters. The van der Waals surface area contributed by atoms with E-state index in [0.717, 1.165) is 5.56 Å². The van der Waals surface area contributed by atoms with Gasteiger partial charge in [0.25, 0.3) is 5.91 Å². The fourth-order valence-electron chi connectivity index (χ4n) is 2.50. The summed E-state index contributed by atoms with van der Waals surface area (Å²) in [6, 6.07) is 8.55. The minimum absolute atomic E-state index is 0.0601. The number of amides is 1. The fraction of sp³-hybridized carbons (Fsp3) is 0.118. The topological polar surface area (TPSA) is 124 Å². The van der Waals surface area contributed by atoms with Crippen LogP contribution >= 0.6 is 11.6 Å². The van der Waals surface area contributed by atoms with Crippen molar-refractivity contribution in [3.63, 3.8) is 0 Å². The molecule has 0 aromatic carbocycles. The first-order chi connectivity index (χ1) is 13.1. The summed E-state index contributed by atoms with van der Waals surface area (Å²) in [7, 11) is 0. The molecule has 4 aromatic rings. The SMILES string of the molecule is Nc1nc(C(=O)NCCc2ccc(Cl)nc2)cc2nc(-c3ccco3)nn12. The average molecular weight is 384 g/mol. The summed E-state index contributed by atoms with van der Waals surface area (Å²) in [5, 5.41) is 7.46. The molecule has 0 unspecified atom stereocenters. The largest absolute Gasteiger partial charge is 0.461 e. The molecule has 0 radical (unpaired) electrons. The van der Waals surface area contributed by atoms with E-state index in [1.54, 1.807) is 24.4 Å². The molecule has 4 heterocycles. The number of pyridine rings is 1. The molecule has 136 valence electrons. The lowest BCUT2D eigenvalue weighted by atomic mass is 10.2. The van der Waals surface area contributed by atoms with Crippen LogP contribution in [0.25, 0.3) is 17.2 Å². The lowest BCUT2D eigenvalue weighted by Crippen LogP contribution is -2.27. The molecule has 0 fully saturated rings. The third-order valence-corrected chi connectivity index (χ3v) is 4.04. The number of aromatic nitrogens is 5. The molecule has 0 saturated carbocycles. The van der Waals surface area contributed by atoms with Crippen molar-refractivity contribution in [3.05, 3.63) is 59.2 Å². The summed E-state index contributed by atoms with van der Waals surface area (Å²) in [6.07, 6.45) is 3.81. The van der Waals surface area contributed by atoms with Gasteiger partial charge in [0.2, 0.25) is 11.8 Å². The van der Waals surface area contributed by atoms with Gasteiger partial charge in [-0.15, -0.1) is 5.10 Å². The molecular weight excluding hydrogens is 370 g/mol. The molecule has 0 aliphatic heterocycles. The van der Waals surface area contributed by atoms with Gasteiger partial charge in [0.05, 0.1) is 6.26 Å². The number of furan rings is 1. The van der Waals surface area contributed by atoms with E-state index in [9.17, 15) is 4.79 Å². The maximum atomic E-state index is 12.4.